The first-order chi connectivity index (χ1) is 12.5. The molecule has 1 aromatic heterocycles. The maximum absolute atomic E-state index is 12.5. The Labute approximate surface area is 161 Å². The maximum Gasteiger partial charge on any atom is 0.289 e. The largest absolute Gasteiger partial charge is 0.459 e. The molecule has 1 aromatic carbocycles. The number of quaternary nitrogens is 1. The van der Waals surface area contributed by atoms with E-state index in [1.165, 1.54) is 6.26 Å². The van der Waals surface area contributed by atoms with E-state index in [-0.39, 0.29) is 17.9 Å². The van der Waals surface area contributed by atoms with Crippen LogP contribution in [0.5, 0.6) is 0 Å². The lowest BCUT2D eigenvalue weighted by Crippen LogP contribution is -3.19. The van der Waals surface area contributed by atoms with Gasteiger partial charge in [-0.05, 0) is 37.3 Å². The molecule has 0 aliphatic carbocycles. The summed E-state index contributed by atoms with van der Waals surface area (Å²) in [4.78, 5) is 27.7. The number of anilines is 1. The number of nitrogens with zero attached hydrogens (tertiary/aromatic N) is 1. The van der Waals surface area contributed by atoms with Gasteiger partial charge in [0.2, 0.25) is 0 Å². The van der Waals surface area contributed by atoms with Crippen LogP contribution in [0.4, 0.5) is 5.69 Å². The molecule has 2 amide bonds. The number of hydrogen-bond donors (Lipinski definition) is 2. The Morgan fingerprint density at radius 2 is 1.96 bits per heavy atom. The number of nitrogens with one attached hydrogen (secondary N) is 2. The van der Waals surface area contributed by atoms with Crippen molar-refractivity contribution in [1.29, 1.82) is 0 Å². The number of furan rings is 1. The minimum Gasteiger partial charge on any atom is -0.459 e. The van der Waals surface area contributed by atoms with Crippen LogP contribution in [-0.4, -0.2) is 48.9 Å². The summed E-state index contributed by atoms with van der Waals surface area (Å²) in [6.07, 6.45) is 1.49. The van der Waals surface area contributed by atoms with Crippen molar-refractivity contribution in [2.45, 2.75) is 13.0 Å². The van der Waals surface area contributed by atoms with Gasteiger partial charge in [-0.3, -0.25) is 9.59 Å². The zero-order valence-corrected chi connectivity index (χ0v) is 15.8. The van der Waals surface area contributed by atoms with Crippen molar-refractivity contribution < 1.29 is 18.9 Å². The van der Waals surface area contributed by atoms with Gasteiger partial charge in [0.05, 0.1) is 43.2 Å². The van der Waals surface area contributed by atoms with Crippen LogP contribution in [0.15, 0.2) is 41.0 Å². The number of benzene rings is 1. The molecule has 3 rings (SSSR count). The molecule has 1 aliphatic heterocycles. The minimum atomic E-state index is -0.261. The number of rotatable bonds is 4. The third kappa shape index (κ3) is 4.20. The molecule has 8 heteroatoms. The second-order valence-corrected chi connectivity index (χ2v) is 7.11. The Morgan fingerprint density at radius 1 is 1.23 bits per heavy atom. The first-order valence-corrected chi connectivity index (χ1v) is 9.14. The van der Waals surface area contributed by atoms with E-state index in [0.29, 0.717) is 47.7 Å². The average molecular weight is 397 g/mol. The van der Waals surface area contributed by atoms with Crippen molar-refractivity contribution in [3.05, 3.63) is 52.4 Å². The highest BCUT2D eigenvalue weighted by molar-refractivity contribution is 6.36. The fraction of sp³-hybridized carbons (Fsp3) is 0.333. The predicted octanol–water partition coefficient (Wildman–Crippen LogP) is 1.95. The number of carbonyl (C=O) groups is 2. The maximum atomic E-state index is 12.5. The molecule has 2 aromatic rings. The van der Waals surface area contributed by atoms with Gasteiger partial charge in [-0.2, -0.15) is 0 Å². The molecule has 0 saturated carbocycles. The van der Waals surface area contributed by atoms with E-state index < -0.39 is 0 Å². The molecule has 1 aliphatic rings. The highest BCUT2D eigenvalue weighted by atomic mass is 35.5. The molecule has 1 saturated heterocycles. The highest BCUT2D eigenvalue weighted by Crippen LogP contribution is 2.25. The van der Waals surface area contributed by atoms with Crippen LogP contribution < -0.4 is 10.2 Å². The van der Waals surface area contributed by atoms with Crippen molar-refractivity contribution >= 4 is 40.7 Å². The van der Waals surface area contributed by atoms with Crippen LogP contribution in [0.1, 0.15) is 17.5 Å². The predicted molar refractivity (Wildman–Crippen MR) is 99.9 cm³/mol. The van der Waals surface area contributed by atoms with Gasteiger partial charge in [-0.1, -0.05) is 23.2 Å². The molecule has 26 heavy (non-hydrogen) atoms. The summed E-state index contributed by atoms with van der Waals surface area (Å²) >= 11 is 12.0. The van der Waals surface area contributed by atoms with E-state index in [2.05, 4.69) is 5.32 Å². The number of amides is 2. The van der Waals surface area contributed by atoms with Gasteiger partial charge in [0.25, 0.3) is 11.8 Å². The second kappa shape index (κ2) is 8.12. The lowest BCUT2D eigenvalue weighted by molar-refractivity contribution is -0.917. The average Bonchev–Trinajstić information content (AvgIpc) is 3.17. The molecule has 0 unspecified atom stereocenters. The van der Waals surface area contributed by atoms with Crippen LogP contribution in [0.2, 0.25) is 10.0 Å². The van der Waals surface area contributed by atoms with Gasteiger partial charge < -0.3 is 19.5 Å². The molecular formula is C18H20Cl2N3O3+. The van der Waals surface area contributed by atoms with E-state index >= 15 is 0 Å². The molecule has 138 valence electrons. The number of carbonyl (C=O) groups excluding carboxylic acids is 2. The molecule has 0 bridgehead atoms. The van der Waals surface area contributed by atoms with Crippen LogP contribution in [0.25, 0.3) is 0 Å². The van der Waals surface area contributed by atoms with E-state index in [0.717, 1.165) is 4.90 Å². The van der Waals surface area contributed by atoms with Crippen molar-refractivity contribution in [1.82, 2.24) is 4.90 Å². The van der Waals surface area contributed by atoms with Crippen LogP contribution in [0.3, 0.4) is 0 Å². The van der Waals surface area contributed by atoms with Crippen molar-refractivity contribution in [3.63, 3.8) is 0 Å². The summed E-state index contributed by atoms with van der Waals surface area (Å²) in [6.45, 7) is 4.41. The van der Waals surface area contributed by atoms with Crippen molar-refractivity contribution in [2.24, 2.45) is 0 Å². The quantitative estimate of drug-likeness (QED) is 0.829. The fourth-order valence-electron chi connectivity index (χ4n) is 3.00. The van der Waals surface area contributed by atoms with Gasteiger partial charge >= 0.3 is 0 Å². The van der Waals surface area contributed by atoms with Crippen LogP contribution in [-0.2, 0) is 4.79 Å². The Hall–Kier alpha value is -2.02. The monoisotopic (exact) mass is 396 g/mol. The second-order valence-electron chi connectivity index (χ2n) is 6.26. The van der Waals surface area contributed by atoms with E-state index in [9.17, 15) is 9.59 Å². The Balaban J connectivity index is 1.55. The van der Waals surface area contributed by atoms with E-state index in [1.54, 1.807) is 35.2 Å². The first-order valence-electron chi connectivity index (χ1n) is 8.39. The molecule has 6 nitrogen and oxygen atoms in total. The summed E-state index contributed by atoms with van der Waals surface area (Å²) in [5.41, 5.74) is 0.541. The topological polar surface area (TPSA) is 67.0 Å². The molecule has 2 heterocycles. The number of hydrogen-bond acceptors (Lipinski definition) is 3. The zero-order valence-electron chi connectivity index (χ0n) is 14.3. The van der Waals surface area contributed by atoms with E-state index in [4.69, 9.17) is 27.6 Å². The Morgan fingerprint density at radius 3 is 2.58 bits per heavy atom. The van der Waals surface area contributed by atoms with Crippen molar-refractivity contribution in [3.8, 4) is 0 Å². The van der Waals surface area contributed by atoms with Gasteiger partial charge in [-0.15, -0.1) is 0 Å². The third-order valence-electron chi connectivity index (χ3n) is 4.62. The van der Waals surface area contributed by atoms with Crippen LogP contribution in [0, 0.1) is 0 Å². The summed E-state index contributed by atoms with van der Waals surface area (Å²) < 4.78 is 5.16. The lowest BCUT2D eigenvalue weighted by atomic mass is 10.2. The lowest BCUT2D eigenvalue weighted by Gasteiger charge is -2.34. The standard InChI is InChI=1S/C18H19Cl2N3O3/c1-12(17(24)21-15-5-4-13(19)11-14(15)20)22-6-8-23(9-7-22)18(25)16-3-2-10-26-16/h2-5,10-12H,6-9H2,1H3,(H,21,24)/p+1/t12-/m0/s1. The van der Waals surface area contributed by atoms with E-state index in [1.807, 2.05) is 6.92 Å². The molecule has 1 atom stereocenters. The fourth-order valence-corrected chi connectivity index (χ4v) is 3.46. The summed E-state index contributed by atoms with van der Waals surface area (Å²) in [6, 6.07) is 8.05. The van der Waals surface area contributed by atoms with Gasteiger partial charge in [0.1, 0.15) is 0 Å². The minimum absolute atomic E-state index is 0.112. The van der Waals surface area contributed by atoms with Gasteiger partial charge in [0.15, 0.2) is 11.8 Å². The Kier molecular flexibility index (Phi) is 5.86. The molecule has 0 radical (unpaired) electrons. The van der Waals surface area contributed by atoms with Crippen molar-refractivity contribution in [2.75, 3.05) is 31.5 Å². The van der Waals surface area contributed by atoms with Gasteiger partial charge in [-0.25, -0.2) is 0 Å². The van der Waals surface area contributed by atoms with Crippen LogP contribution >= 0.6 is 23.2 Å². The molecule has 2 N–H and O–H groups in total. The smallest absolute Gasteiger partial charge is 0.289 e. The SMILES string of the molecule is C[C@@H](C(=O)Nc1ccc(Cl)cc1Cl)[NH+]1CCN(C(=O)c2ccco2)CC1. The zero-order chi connectivity index (χ0) is 18.7. The number of piperazine rings is 1. The summed E-state index contributed by atoms with van der Waals surface area (Å²) in [5, 5.41) is 3.77. The number of halogens is 2. The normalized spacial score (nSPS) is 16.3. The molecule has 0 spiro atoms. The first kappa shape index (κ1) is 18.8. The highest BCUT2D eigenvalue weighted by Gasteiger charge is 2.31. The summed E-state index contributed by atoms with van der Waals surface area (Å²) in [7, 11) is 0. The molecule has 1 fully saturated rings. The van der Waals surface area contributed by atoms with Gasteiger partial charge in [0, 0.05) is 5.02 Å². The third-order valence-corrected chi connectivity index (χ3v) is 5.17. The summed E-state index contributed by atoms with van der Waals surface area (Å²) in [5.74, 6) is 0.116. The Bertz CT molecular complexity index is 787. The molecular weight excluding hydrogens is 377 g/mol.